The van der Waals surface area contributed by atoms with Crippen LogP contribution in [-0.4, -0.2) is 22.6 Å². The molecule has 170 valence electrons. The Morgan fingerprint density at radius 2 is 1.88 bits per heavy atom. The molecule has 0 amide bonds. The van der Waals surface area contributed by atoms with Crippen LogP contribution >= 0.6 is 0 Å². The number of carbonyl (C=O) groups is 1. The summed E-state index contributed by atoms with van der Waals surface area (Å²) in [4.78, 5) is 17.1. The van der Waals surface area contributed by atoms with Crippen LogP contribution < -0.4 is 0 Å². The first-order valence-corrected chi connectivity index (χ1v) is 11.8. The topological polar surface area (TPSA) is 44.1 Å². The summed E-state index contributed by atoms with van der Waals surface area (Å²) in [5.41, 5.74) is 5.46. The lowest BCUT2D eigenvalue weighted by molar-refractivity contribution is 0.0601. The molecule has 0 aliphatic heterocycles. The molecule has 1 aromatic heterocycles. The van der Waals surface area contributed by atoms with E-state index in [1.54, 1.807) is 0 Å². The lowest BCUT2D eigenvalue weighted by atomic mass is 9.70. The van der Waals surface area contributed by atoms with Gasteiger partial charge in [-0.25, -0.2) is 9.78 Å². The number of fused-ring (bicyclic) bond motifs is 1. The van der Waals surface area contributed by atoms with Crippen molar-refractivity contribution in [2.75, 3.05) is 7.11 Å². The number of imidazole rings is 1. The van der Waals surface area contributed by atoms with Gasteiger partial charge >= 0.3 is 5.97 Å². The van der Waals surface area contributed by atoms with Gasteiger partial charge in [-0.05, 0) is 65.8 Å². The zero-order chi connectivity index (χ0) is 23.0. The van der Waals surface area contributed by atoms with Gasteiger partial charge in [0.1, 0.15) is 5.82 Å². The van der Waals surface area contributed by atoms with Crippen LogP contribution in [0, 0.1) is 11.3 Å². The molecule has 2 aromatic carbocycles. The van der Waals surface area contributed by atoms with Crippen LogP contribution in [0.1, 0.15) is 93.2 Å². The van der Waals surface area contributed by atoms with Crippen molar-refractivity contribution in [1.82, 2.24) is 9.55 Å². The minimum absolute atomic E-state index is 0.307. The fraction of sp³-hybridized carbons (Fsp3) is 0.500. The van der Waals surface area contributed by atoms with Gasteiger partial charge < -0.3 is 9.30 Å². The molecular weight excluding hydrogens is 396 g/mol. The zero-order valence-electron chi connectivity index (χ0n) is 20.3. The van der Waals surface area contributed by atoms with Crippen LogP contribution in [0.15, 0.2) is 42.5 Å². The highest BCUT2D eigenvalue weighted by atomic mass is 16.5. The third kappa shape index (κ3) is 4.60. The Morgan fingerprint density at radius 3 is 2.50 bits per heavy atom. The van der Waals surface area contributed by atoms with Gasteiger partial charge in [0.2, 0.25) is 0 Å². The van der Waals surface area contributed by atoms with E-state index >= 15 is 0 Å². The maximum absolute atomic E-state index is 12.1. The number of benzene rings is 2. The number of methoxy groups -OCH3 is 1. The molecule has 2 unspecified atom stereocenters. The Kier molecular flexibility index (Phi) is 6.15. The second-order valence-electron chi connectivity index (χ2n) is 10.7. The summed E-state index contributed by atoms with van der Waals surface area (Å²) in [5, 5.41) is 0. The lowest BCUT2D eigenvalue weighted by Crippen LogP contribution is -2.30. The maximum atomic E-state index is 12.1. The molecule has 4 nitrogen and oxygen atoms in total. The molecule has 32 heavy (non-hydrogen) atoms. The van der Waals surface area contributed by atoms with E-state index in [1.807, 2.05) is 18.2 Å². The van der Waals surface area contributed by atoms with Crippen molar-refractivity contribution < 1.29 is 9.53 Å². The predicted octanol–water partition coefficient (Wildman–Crippen LogP) is 6.92. The van der Waals surface area contributed by atoms with Crippen LogP contribution in [0.4, 0.5) is 0 Å². The van der Waals surface area contributed by atoms with E-state index in [0.29, 0.717) is 28.9 Å². The van der Waals surface area contributed by atoms with Gasteiger partial charge in [0, 0.05) is 12.5 Å². The fourth-order valence-corrected chi connectivity index (χ4v) is 5.62. The molecule has 1 aliphatic carbocycles. The highest BCUT2D eigenvalue weighted by molar-refractivity contribution is 5.93. The van der Waals surface area contributed by atoms with E-state index in [-0.39, 0.29) is 5.97 Å². The normalized spacial score (nSPS) is 20.6. The summed E-state index contributed by atoms with van der Waals surface area (Å²) in [5.74, 6) is 1.96. The Hall–Kier alpha value is -2.62. The van der Waals surface area contributed by atoms with Crippen LogP contribution in [0.3, 0.4) is 0 Å². The zero-order valence-corrected chi connectivity index (χ0v) is 20.3. The van der Waals surface area contributed by atoms with E-state index in [4.69, 9.17) is 9.72 Å². The van der Waals surface area contributed by atoms with Crippen molar-refractivity contribution in [2.24, 2.45) is 11.3 Å². The number of carbonyl (C=O) groups excluding carboxylic acids is 1. The van der Waals surface area contributed by atoms with Crippen molar-refractivity contribution in [3.8, 4) is 0 Å². The quantitative estimate of drug-likeness (QED) is 0.411. The molecule has 0 N–H and O–H groups in total. The predicted molar refractivity (Wildman–Crippen MR) is 130 cm³/mol. The molecule has 4 heteroatoms. The second kappa shape index (κ2) is 8.73. The summed E-state index contributed by atoms with van der Waals surface area (Å²) in [6.45, 7) is 11.6. The molecule has 0 spiro atoms. The van der Waals surface area contributed by atoms with Crippen molar-refractivity contribution >= 4 is 17.0 Å². The number of rotatable bonds is 5. The average Bonchev–Trinajstić information content (AvgIpc) is 3.09. The summed E-state index contributed by atoms with van der Waals surface area (Å²) < 4.78 is 7.39. The fourth-order valence-electron chi connectivity index (χ4n) is 5.62. The van der Waals surface area contributed by atoms with Gasteiger partial charge in [-0.2, -0.15) is 0 Å². The summed E-state index contributed by atoms with van der Waals surface area (Å²) in [6.07, 6.45) is 4.34. The van der Waals surface area contributed by atoms with Crippen LogP contribution in [0.2, 0.25) is 0 Å². The highest BCUT2D eigenvalue weighted by Gasteiger charge is 2.34. The van der Waals surface area contributed by atoms with Crippen LogP contribution in [-0.2, 0) is 11.2 Å². The molecule has 1 fully saturated rings. The molecule has 0 bridgehead atoms. The Labute approximate surface area is 192 Å². The third-order valence-corrected chi connectivity index (χ3v) is 6.92. The molecule has 4 rings (SSSR count). The number of ether oxygens (including phenoxy) is 1. The molecule has 3 aromatic rings. The summed E-state index contributed by atoms with van der Waals surface area (Å²) in [6, 6.07) is 15.1. The van der Waals surface area contributed by atoms with Crippen LogP contribution in [0.5, 0.6) is 0 Å². The van der Waals surface area contributed by atoms with Gasteiger partial charge in [0.05, 0.1) is 23.7 Å². The second-order valence-corrected chi connectivity index (χ2v) is 10.7. The van der Waals surface area contributed by atoms with Crippen LogP contribution in [0.25, 0.3) is 11.0 Å². The van der Waals surface area contributed by atoms with Crippen molar-refractivity contribution in [2.45, 2.75) is 72.3 Å². The number of hydrogen-bond donors (Lipinski definition) is 0. The Morgan fingerprint density at radius 1 is 1.16 bits per heavy atom. The lowest BCUT2D eigenvalue weighted by Gasteiger charge is -2.40. The van der Waals surface area contributed by atoms with Gasteiger partial charge in [0.15, 0.2) is 0 Å². The smallest absolute Gasteiger partial charge is 0.337 e. The maximum Gasteiger partial charge on any atom is 0.337 e. The third-order valence-electron chi connectivity index (χ3n) is 6.92. The van der Waals surface area contributed by atoms with Gasteiger partial charge in [-0.3, -0.25) is 0 Å². The SMILES string of the molecule is COC(=O)c1ccc2c(c1)nc(Cc1ccc(C(C)C)cc1)n2C1CC(C)CC(C)(C)C1. The minimum Gasteiger partial charge on any atom is -0.465 e. The molecule has 1 aliphatic rings. The van der Waals surface area contributed by atoms with Gasteiger partial charge in [0.25, 0.3) is 0 Å². The number of hydrogen-bond acceptors (Lipinski definition) is 3. The monoisotopic (exact) mass is 432 g/mol. The molecule has 2 atom stereocenters. The highest BCUT2D eigenvalue weighted by Crippen LogP contribution is 2.45. The standard InChI is InChI=1S/C28H36N2O2/c1-18(2)21-9-7-20(8-10-21)14-26-29-24-15-22(27(31)32-6)11-12-25(24)30(26)23-13-19(3)16-28(4,5)17-23/h7-12,15,18-19,23H,13-14,16-17H2,1-6H3. The average molecular weight is 433 g/mol. The molecular formula is C28H36N2O2. The van der Waals surface area contributed by atoms with E-state index in [0.717, 1.165) is 36.1 Å². The molecule has 0 saturated heterocycles. The van der Waals surface area contributed by atoms with E-state index in [9.17, 15) is 4.79 Å². The Bertz CT molecular complexity index is 1110. The Balaban J connectivity index is 1.78. The molecule has 1 saturated carbocycles. The summed E-state index contributed by atoms with van der Waals surface area (Å²) in [7, 11) is 1.42. The van der Waals surface area contributed by atoms with E-state index < -0.39 is 0 Å². The van der Waals surface area contributed by atoms with E-state index in [1.165, 1.54) is 24.7 Å². The number of esters is 1. The van der Waals surface area contributed by atoms with Gasteiger partial charge in [-0.15, -0.1) is 0 Å². The van der Waals surface area contributed by atoms with Crippen molar-refractivity contribution in [1.29, 1.82) is 0 Å². The van der Waals surface area contributed by atoms with Crippen molar-refractivity contribution in [3.63, 3.8) is 0 Å². The summed E-state index contributed by atoms with van der Waals surface area (Å²) >= 11 is 0. The van der Waals surface area contributed by atoms with E-state index in [2.05, 4.69) is 63.5 Å². The number of nitrogens with zero attached hydrogens (tertiary/aromatic N) is 2. The minimum atomic E-state index is -0.320. The molecule has 0 radical (unpaired) electrons. The number of aromatic nitrogens is 2. The first-order chi connectivity index (χ1) is 15.2. The molecule has 1 heterocycles. The van der Waals surface area contributed by atoms with Gasteiger partial charge in [-0.1, -0.05) is 58.9 Å². The largest absolute Gasteiger partial charge is 0.465 e. The first kappa shape index (κ1) is 22.6. The van der Waals surface area contributed by atoms with Crippen molar-refractivity contribution in [3.05, 3.63) is 65.0 Å². The first-order valence-electron chi connectivity index (χ1n) is 11.8.